The van der Waals surface area contributed by atoms with Gasteiger partial charge >= 0.3 is 6.18 Å². The van der Waals surface area contributed by atoms with Crippen molar-refractivity contribution in [2.45, 2.75) is 25.9 Å². The summed E-state index contributed by atoms with van der Waals surface area (Å²) in [5.74, 6) is 0. The van der Waals surface area contributed by atoms with Crippen LogP contribution < -0.4 is 0 Å². The SMILES string of the molecule is CCCCON=Cc1ccc(C(F)(F)F)cc1. The van der Waals surface area contributed by atoms with Crippen LogP contribution in [0.4, 0.5) is 13.2 Å². The van der Waals surface area contributed by atoms with Crippen LogP contribution in [0.3, 0.4) is 0 Å². The minimum atomic E-state index is -4.30. The molecule has 5 heteroatoms. The van der Waals surface area contributed by atoms with E-state index in [1.165, 1.54) is 18.3 Å². The highest BCUT2D eigenvalue weighted by atomic mass is 19.4. The summed E-state index contributed by atoms with van der Waals surface area (Å²) in [6, 6.07) is 4.76. The van der Waals surface area contributed by atoms with E-state index in [1.807, 2.05) is 6.92 Å². The molecule has 0 saturated heterocycles. The molecule has 94 valence electrons. The van der Waals surface area contributed by atoms with Gasteiger partial charge in [0.1, 0.15) is 6.61 Å². The summed E-state index contributed by atoms with van der Waals surface area (Å²) in [7, 11) is 0. The Morgan fingerprint density at radius 3 is 2.41 bits per heavy atom. The zero-order valence-electron chi connectivity index (χ0n) is 9.50. The van der Waals surface area contributed by atoms with E-state index in [4.69, 9.17) is 4.84 Å². The number of halogens is 3. The van der Waals surface area contributed by atoms with Crippen LogP contribution in [-0.2, 0) is 11.0 Å². The molecule has 0 aliphatic carbocycles. The molecule has 0 bridgehead atoms. The van der Waals surface area contributed by atoms with Crippen molar-refractivity contribution in [3.05, 3.63) is 35.4 Å². The Kier molecular flexibility index (Phi) is 5.00. The van der Waals surface area contributed by atoms with E-state index in [1.54, 1.807) is 0 Å². The molecule has 0 saturated carbocycles. The van der Waals surface area contributed by atoms with E-state index in [0.29, 0.717) is 12.2 Å². The Bertz CT molecular complexity index is 357. The highest BCUT2D eigenvalue weighted by molar-refractivity contribution is 5.79. The molecule has 0 aromatic heterocycles. The van der Waals surface area contributed by atoms with Gasteiger partial charge in [-0.2, -0.15) is 13.2 Å². The number of nitrogens with zero attached hydrogens (tertiary/aromatic N) is 1. The lowest BCUT2D eigenvalue weighted by Crippen LogP contribution is -2.04. The Hall–Kier alpha value is -1.52. The minimum absolute atomic E-state index is 0.521. The molecule has 1 aromatic carbocycles. The smallest absolute Gasteiger partial charge is 0.396 e. The van der Waals surface area contributed by atoms with Crippen molar-refractivity contribution in [2.75, 3.05) is 6.61 Å². The Morgan fingerprint density at radius 1 is 1.24 bits per heavy atom. The van der Waals surface area contributed by atoms with E-state index in [0.717, 1.165) is 25.0 Å². The van der Waals surface area contributed by atoms with Crippen molar-refractivity contribution < 1.29 is 18.0 Å². The topological polar surface area (TPSA) is 21.6 Å². The second-order valence-electron chi connectivity index (χ2n) is 3.54. The summed E-state index contributed by atoms with van der Waals surface area (Å²) >= 11 is 0. The molecule has 0 radical (unpaired) electrons. The summed E-state index contributed by atoms with van der Waals surface area (Å²) in [4.78, 5) is 4.92. The third-order valence-electron chi connectivity index (χ3n) is 2.10. The summed E-state index contributed by atoms with van der Waals surface area (Å²) in [6.45, 7) is 2.55. The van der Waals surface area contributed by atoms with Crippen LogP contribution in [0.5, 0.6) is 0 Å². The lowest BCUT2D eigenvalue weighted by atomic mass is 10.1. The van der Waals surface area contributed by atoms with Crippen LogP contribution in [0.2, 0.25) is 0 Å². The fraction of sp³-hybridized carbons (Fsp3) is 0.417. The average molecular weight is 245 g/mol. The second kappa shape index (κ2) is 6.27. The van der Waals surface area contributed by atoms with Gasteiger partial charge in [0.05, 0.1) is 11.8 Å². The first-order valence-electron chi connectivity index (χ1n) is 5.36. The maximum atomic E-state index is 12.3. The highest BCUT2D eigenvalue weighted by Crippen LogP contribution is 2.28. The largest absolute Gasteiger partial charge is 0.416 e. The number of oxime groups is 1. The third kappa shape index (κ3) is 4.89. The molecule has 0 spiro atoms. The summed E-state index contributed by atoms with van der Waals surface area (Å²) in [6.07, 6.45) is -0.983. The van der Waals surface area contributed by atoms with Gasteiger partial charge in [0.25, 0.3) is 0 Å². The van der Waals surface area contributed by atoms with Gasteiger partial charge in [0.15, 0.2) is 0 Å². The summed E-state index contributed by atoms with van der Waals surface area (Å²) in [5, 5.41) is 3.66. The molecule has 0 N–H and O–H groups in total. The van der Waals surface area contributed by atoms with Gasteiger partial charge in [-0.25, -0.2) is 0 Å². The highest BCUT2D eigenvalue weighted by Gasteiger charge is 2.29. The van der Waals surface area contributed by atoms with Crippen LogP contribution in [0, 0.1) is 0 Å². The van der Waals surface area contributed by atoms with Gasteiger partial charge in [-0.05, 0) is 24.1 Å². The standard InChI is InChI=1S/C12H14F3NO/c1-2-3-8-17-16-9-10-4-6-11(7-5-10)12(13,14)15/h4-7,9H,2-3,8H2,1H3. The summed E-state index contributed by atoms with van der Waals surface area (Å²) < 4.78 is 36.8. The fourth-order valence-corrected chi connectivity index (χ4v) is 1.12. The van der Waals surface area contributed by atoms with Gasteiger partial charge in [-0.3, -0.25) is 0 Å². The summed E-state index contributed by atoms with van der Waals surface area (Å²) in [5.41, 5.74) is -0.0870. The fourth-order valence-electron chi connectivity index (χ4n) is 1.12. The van der Waals surface area contributed by atoms with Crippen molar-refractivity contribution in [1.29, 1.82) is 0 Å². The van der Waals surface area contributed by atoms with E-state index in [2.05, 4.69) is 5.16 Å². The molecule has 2 nitrogen and oxygen atoms in total. The van der Waals surface area contributed by atoms with Gasteiger partial charge in [-0.1, -0.05) is 30.6 Å². The maximum Gasteiger partial charge on any atom is 0.416 e. The number of hydrogen-bond acceptors (Lipinski definition) is 2. The van der Waals surface area contributed by atoms with E-state index in [-0.39, 0.29) is 0 Å². The molecule has 0 amide bonds. The van der Waals surface area contributed by atoms with Gasteiger partial charge in [-0.15, -0.1) is 0 Å². The second-order valence-corrected chi connectivity index (χ2v) is 3.54. The first kappa shape index (κ1) is 13.5. The molecular formula is C12H14F3NO. The molecule has 0 heterocycles. The first-order chi connectivity index (χ1) is 8.04. The Labute approximate surface area is 98.1 Å². The molecule has 17 heavy (non-hydrogen) atoms. The van der Waals surface area contributed by atoms with Crippen LogP contribution >= 0.6 is 0 Å². The van der Waals surface area contributed by atoms with Crippen molar-refractivity contribution in [1.82, 2.24) is 0 Å². The lowest BCUT2D eigenvalue weighted by Gasteiger charge is -2.05. The predicted molar refractivity (Wildman–Crippen MR) is 59.9 cm³/mol. The zero-order valence-corrected chi connectivity index (χ0v) is 9.50. The van der Waals surface area contributed by atoms with Crippen LogP contribution in [0.15, 0.2) is 29.4 Å². The van der Waals surface area contributed by atoms with Crippen molar-refractivity contribution >= 4 is 6.21 Å². The average Bonchev–Trinajstić information content (AvgIpc) is 2.28. The van der Waals surface area contributed by atoms with Gasteiger partial charge < -0.3 is 4.84 Å². The van der Waals surface area contributed by atoms with Gasteiger partial charge in [0.2, 0.25) is 0 Å². The molecule has 1 aromatic rings. The normalized spacial score (nSPS) is 12.0. The molecule has 0 unspecified atom stereocenters. The van der Waals surface area contributed by atoms with Crippen LogP contribution in [0.25, 0.3) is 0 Å². The Balaban J connectivity index is 2.51. The lowest BCUT2D eigenvalue weighted by molar-refractivity contribution is -0.137. The number of hydrogen-bond donors (Lipinski definition) is 0. The molecule has 1 rings (SSSR count). The monoisotopic (exact) mass is 245 g/mol. The molecule has 0 aliphatic heterocycles. The minimum Gasteiger partial charge on any atom is -0.396 e. The van der Waals surface area contributed by atoms with Crippen molar-refractivity contribution in [2.24, 2.45) is 5.16 Å². The predicted octanol–water partition coefficient (Wildman–Crippen LogP) is 3.86. The van der Waals surface area contributed by atoms with E-state index in [9.17, 15) is 13.2 Å². The van der Waals surface area contributed by atoms with E-state index < -0.39 is 11.7 Å². The molecule has 0 aliphatic rings. The molecule has 0 fully saturated rings. The van der Waals surface area contributed by atoms with Crippen LogP contribution in [-0.4, -0.2) is 12.8 Å². The first-order valence-corrected chi connectivity index (χ1v) is 5.36. The van der Waals surface area contributed by atoms with Crippen molar-refractivity contribution in [3.63, 3.8) is 0 Å². The number of unbranched alkanes of at least 4 members (excludes halogenated alkanes) is 1. The quantitative estimate of drug-likeness (QED) is 0.438. The molecule has 0 atom stereocenters. The van der Waals surface area contributed by atoms with E-state index >= 15 is 0 Å². The van der Waals surface area contributed by atoms with Crippen molar-refractivity contribution in [3.8, 4) is 0 Å². The van der Waals surface area contributed by atoms with Crippen LogP contribution in [0.1, 0.15) is 30.9 Å². The number of benzene rings is 1. The maximum absolute atomic E-state index is 12.3. The zero-order chi connectivity index (χ0) is 12.7. The number of alkyl halides is 3. The molecular weight excluding hydrogens is 231 g/mol. The number of rotatable bonds is 5. The third-order valence-corrected chi connectivity index (χ3v) is 2.10. The Morgan fingerprint density at radius 2 is 1.88 bits per heavy atom. The van der Waals surface area contributed by atoms with Gasteiger partial charge in [0, 0.05) is 0 Å².